The van der Waals surface area contributed by atoms with Gasteiger partial charge in [-0.1, -0.05) is 0 Å². The van der Waals surface area contributed by atoms with E-state index >= 15 is 0 Å². The SMILES string of the molecule is O=C(CC1CCNC1)NC1CCS(=O)CC1. The van der Waals surface area contributed by atoms with E-state index < -0.39 is 10.8 Å². The number of hydrogen-bond acceptors (Lipinski definition) is 3. The lowest BCUT2D eigenvalue weighted by atomic mass is 10.0. The van der Waals surface area contributed by atoms with Crippen LogP contribution in [0.25, 0.3) is 0 Å². The van der Waals surface area contributed by atoms with E-state index in [9.17, 15) is 9.00 Å². The summed E-state index contributed by atoms with van der Waals surface area (Å²) < 4.78 is 11.2. The van der Waals surface area contributed by atoms with Crippen molar-refractivity contribution in [2.24, 2.45) is 5.92 Å². The Morgan fingerprint density at radius 2 is 2.06 bits per heavy atom. The van der Waals surface area contributed by atoms with Crippen molar-refractivity contribution < 1.29 is 9.00 Å². The van der Waals surface area contributed by atoms with Crippen LogP contribution in [0.4, 0.5) is 0 Å². The van der Waals surface area contributed by atoms with Crippen LogP contribution in [0.2, 0.25) is 0 Å². The van der Waals surface area contributed by atoms with Crippen LogP contribution < -0.4 is 10.6 Å². The van der Waals surface area contributed by atoms with Gasteiger partial charge in [0.25, 0.3) is 0 Å². The second-order valence-corrected chi connectivity index (χ2v) is 6.45. The van der Waals surface area contributed by atoms with Crippen LogP contribution in [-0.2, 0) is 15.6 Å². The van der Waals surface area contributed by atoms with Crippen molar-refractivity contribution in [1.29, 1.82) is 0 Å². The Labute approximate surface area is 99.0 Å². The summed E-state index contributed by atoms with van der Waals surface area (Å²) in [4.78, 5) is 11.7. The molecular weight excluding hydrogens is 224 g/mol. The van der Waals surface area contributed by atoms with Crippen LogP contribution in [0.15, 0.2) is 0 Å². The minimum Gasteiger partial charge on any atom is -0.353 e. The average molecular weight is 244 g/mol. The summed E-state index contributed by atoms with van der Waals surface area (Å²) in [5.41, 5.74) is 0. The maximum Gasteiger partial charge on any atom is 0.220 e. The van der Waals surface area contributed by atoms with Crippen LogP contribution in [-0.4, -0.2) is 40.8 Å². The lowest BCUT2D eigenvalue weighted by Crippen LogP contribution is -2.40. The van der Waals surface area contributed by atoms with Gasteiger partial charge in [0.2, 0.25) is 5.91 Å². The Bertz CT molecular complexity index is 267. The van der Waals surface area contributed by atoms with Gasteiger partial charge in [0, 0.05) is 34.8 Å². The van der Waals surface area contributed by atoms with Gasteiger partial charge in [-0.3, -0.25) is 9.00 Å². The second-order valence-electron chi connectivity index (χ2n) is 4.75. The molecule has 1 atom stereocenters. The molecule has 2 N–H and O–H groups in total. The van der Waals surface area contributed by atoms with E-state index in [1.165, 1.54) is 0 Å². The van der Waals surface area contributed by atoms with Crippen LogP contribution in [0, 0.1) is 5.92 Å². The van der Waals surface area contributed by atoms with E-state index in [-0.39, 0.29) is 11.9 Å². The summed E-state index contributed by atoms with van der Waals surface area (Å²) in [5, 5.41) is 6.33. The predicted molar refractivity (Wildman–Crippen MR) is 64.6 cm³/mol. The zero-order chi connectivity index (χ0) is 11.4. The molecule has 2 rings (SSSR count). The maximum atomic E-state index is 11.7. The summed E-state index contributed by atoms with van der Waals surface area (Å²) in [7, 11) is -0.641. The Balaban J connectivity index is 1.68. The highest BCUT2D eigenvalue weighted by atomic mass is 32.2. The van der Waals surface area contributed by atoms with Crippen molar-refractivity contribution in [3.63, 3.8) is 0 Å². The van der Waals surface area contributed by atoms with Crippen molar-refractivity contribution in [3.8, 4) is 0 Å². The van der Waals surface area contributed by atoms with Gasteiger partial charge in [0.15, 0.2) is 0 Å². The van der Waals surface area contributed by atoms with E-state index in [2.05, 4.69) is 10.6 Å². The summed E-state index contributed by atoms with van der Waals surface area (Å²) in [5.74, 6) is 2.18. The Kier molecular flexibility index (Phi) is 4.35. The smallest absolute Gasteiger partial charge is 0.220 e. The highest BCUT2D eigenvalue weighted by molar-refractivity contribution is 7.85. The van der Waals surface area contributed by atoms with Crippen molar-refractivity contribution in [2.75, 3.05) is 24.6 Å². The fourth-order valence-electron chi connectivity index (χ4n) is 2.38. The topological polar surface area (TPSA) is 58.2 Å². The van der Waals surface area contributed by atoms with E-state index in [0.29, 0.717) is 12.3 Å². The Hall–Kier alpha value is -0.420. The second kappa shape index (κ2) is 5.77. The van der Waals surface area contributed by atoms with Gasteiger partial charge in [-0.05, 0) is 38.3 Å². The van der Waals surface area contributed by atoms with Gasteiger partial charge in [-0.25, -0.2) is 0 Å². The molecule has 0 radical (unpaired) electrons. The molecule has 2 aliphatic heterocycles. The third-order valence-electron chi connectivity index (χ3n) is 3.39. The van der Waals surface area contributed by atoms with E-state index in [4.69, 9.17) is 0 Å². The molecule has 1 amide bonds. The average Bonchev–Trinajstić information content (AvgIpc) is 2.74. The highest BCUT2D eigenvalue weighted by Crippen LogP contribution is 2.13. The number of carbonyl (C=O) groups is 1. The first kappa shape index (κ1) is 12.0. The minimum absolute atomic E-state index is 0.173. The van der Waals surface area contributed by atoms with Gasteiger partial charge in [0.05, 0.1) is 0 Å². The first-order valence-electron chi connectivity index (χ1n) is 6.09. The highest BCUT2D eigenvalue weighted by Gasteiger charge is 2.22. The molecule has 0 aromatic rings. The quantitative estimate of drug-likeness (QED) is 0.735. The zero-order valence-corrected chi connectivity index (χ0v) is 10.4. The fourth-order valence-corrected chi connectivity index (χ4v) is 3.67. The van der Waals surface area contributed by atoms with E-state index in [1.807, 2.05) is 0 Å². The third kappa shape index (κ3) is 3.56. The van der Waals surface area contributed by atoms with E-state index in [0.717, 1.165) is 43.9 Å². The molecule has 5 heteroatoms. The number of rotatable bonds is 3. The molecule has 2 aliphatic rings. The largest absolute Gasteiger partial charge is 0.353 e. The standard InChI is InChI=1S/C11H20N2O2S/c14-11(7-9-1-4-12-8-9)13-10-2-5-16(15)6-3-10/h9-10,12H,1-8H2,(H,13,14). The normalized spacial score (nSPS) is 34.9. The summed E-state index contributed by atoms with van der Waals surface area (Å²) in [6, 6.07) is 0.263. The summed E-state index contributed by atoms with van der Waals surface area (Å²) >= 11 is 0. The molecule has 0 aliphatic carbocycles. The molecule has 2 fully saturated rings. The first-order chi connectivity index (χ1) is 7.74. The molecule has 2 saturated heterocycles. The molecule has 2 heterocycles. The molecule has 0 spiro atoms. The zero-order valence-electron chi connectivity index (χ0n) is 9.54. The van der Waals surface area contributed by atoms with Crippen LogP contribution >= 0.6 is 0 Å². The van der Waals surface area contributed by atoms with Gasteiger partial charge >= 0.3 is 0 Å². The van der Waals surface area contributed by atoms with Crippen LogP contribution in [0.1, 0.15) is 25.7 Å². The lowest BCUT2D eigenvalue weighted by Gasteiger charge is -2.23. The number of amides is 1. The van der Waals surface area contributed by atoms with Crippen molar-refractivity contribution in [1.82, 2.24) is 10.6 Å². The molecule has 16 heavy (non-hydrogen) atoms. The number of carbonyl (C=O) groups excluding carboxylic acids is 1. The van der Waals surface area contributed by atoms with Crippen LogP contribution in [0.5, 0.6) is 0 Å². The van der Waals surface area contributed by atoms with Crippen LogP contribution in [0.3, 0.4) is 0 Å². The van der Waals surface area contributed by atoms with Gasteiger partial charge in [0.1, 0.15) is 0 Å². The Morgan fingerprint density at radius 3 is 2.69 bits per heavy atom. The lowest BCUT2D eigenvalue weighted by molar-refractivity contribution is -0.122. The molecule has 0 aromatic carbocycles. The molecule has 0 aromatic heterocycles. The fraction of sp³-hybridized carbons (Fsp3) is 0.909. The molecule has 4 nitrogen and oxygen atoms in total. The van der Waals surface area contributed by atoms with E-state index in [1.54, 1.807) is 0 Å². The molecular formula is C11H20N2O2S. The Morgan fingerprint density at radius 1 is 1.31 bits per heavy atom. The number of nitrogens with one attached hydrogen (secondary N) is 2. The van der Waals surface area contributed by atoms with Gasteiger partial charge < -0.3 is 10.6 Å². The predicted octanol–water partition coefficient (Wildman–Crippen LogP) is 0.0133. The number of hydrogen-bond donors (Lipinski definition) is 2. The summed E-state index contributed by atoms with van der Waals surface area (Å²) in [6.07, 6.45) is 3.51. The minimum atomic E-state index is -0.641. The van der Waals surface area contributed by atoms with Crippen molar-refractivity contribution >= 4 is 16.7 Å². The maximum absolute atomic E-state index is 11.7. The molecule has 1 unspecified atom stereocenters. The van der Waals surface area contributed by atoms with Crippen molar-refractivity contribution in [2.45, 2.75) is 31.7 Å². The monoisotopic (exact) mass is 244 g/mol. The third-order valence-corrected chi connectivity index (χ3v) is 4.77. The van der Waals surface area contributed by atoms with Crippen molar-refractivity contribution in [3.05, 3.63) is 0 Å². The molecule has 0 saturated carbocycles. The molecule has 92 valence electrons. The van der Waals surface area contributed by atoms with Gasteiger partial charge in [-0.2, -0.15) is 0 Å². The van der Waals surface area contributed by atoms with Gasteiger partial charge in [-0.15, -0.1) is 0 Å². The summed E-state index contributed by atoms with van der Waals surface area (Å²) in [6.45, 7) is 2.02. The molecule has 0 bridgehead atoms. The first-order valence-corrected chi connectivity index (χ1v) is 7.58.